The van der Waals surface area contributed by atoms with Gasteiger partial charge in [-0.15, -0.1) is 0 Å². The Bertz CT molecular complexity index is 753. The van der Waals surface area contributed by atoms with Crippen molar-refractivity contribution in [2.24, 2.45) is 0 Å². The second-order valence-corrected chi connectivity index (χ2v) is 4.30. The van der Waals surface area contributed by atoms with Crippen molar-refractivity contribution in [3.8, 4) is 6.07 Å². The number of nitro groups is 1. The van der Waals surface area contributed by atoms with Gasteiger partial charge >= 0.3 is 0 Å². The summed E-state index contributed by atoms with van der Waals surface area (Å²) < 4.78 is 0. The highest BCUT2D eigenvalue weighted by Gasteiger charge is 2.23. The number of hydrogen-bond donors (Lipinski definition) is 1. The molecule has 0 bridgehead atoms. The van der Waals surface area contributed by atoms with Crippen molar-refractivity contribution in [2.45, 2.75) is 0 Å². The average Bonchev–Trinajstić information content (AvgIpc) is 2.47. The Labute approximate surface area is 123 Å². The number of nitrogens with zero attached hydrogens (tertiary/aromatic N) is 3. The molecule has 1 amide bonds. The number of hydrogen-bond acceptors (Lipinski definition) is 5. The first-order chi connectivity index (χ1) is 10.0. The van der Waals surface area contributed by atoms with Crippen molar-refractivity contribution in [3.05, 3.63) is 62.8 Å². The van der Waals surface area contributed by atoms with Gasteiger partial charge in [-0.25, -0.2) is 4.98 Å². The Morgan fingerprint density at radius 2 is 2.14 bits per heavy atom. The molecule has 0 unspecified atom stereocenters. The van der Waals surface area contributed by atoms with Crippen molar-refractivity contribution < 1.29 is 9.72 Å². The van der Waals surface area contributed by atoms with Crippen LogP contribution >= 0.6 is 11.6 Å². The second-order valence-electron chi connectivity index (χ2n) is 3.89. The maximum absolute atomic E-state index is 12.1. The topological polar surface area (TPSA) is 109 Å². The minimum absolute atomic E-state index is 0.0321. The van der Waals surface area contributed by atoms with Crippen LogP contribution in [0.25, 0.3) is 0 Å². The summed E-state index contributed by atoms with van der Waals surface area (Å²) in [5.74, 6) is -0.585. The lowest BCUT2D eigenvalue weighted by Gasteiger charge is -2.06. The first kappa shape index (κ1) is 14.4. The van der Waals surface area contributed by atoms with Crippen LogP contribution in [0.1, 0.15) is 15.9 Å². The van der Waals surface area contributed by atoms with Crippen LogP contribution in [0.2, 0.25) is 5.02 Å². The van der Waals surface area contributed by atoms with Gasteiger partial charge in [-0.2, -0.15) is 5.26 Å². The molecule has 7 nitrogen and oxygen atoms in total. The van der Waals surface area contributed by atoms with Gasteiger partial charge in [0.2, 0.25) is 0 Å². The Balaban J connectivity index is 2.32. The Hall–Kier alpha value is -2.98. The summed E-state index contributed by atoms with van der Waals surface area (Å²) in [7, 11) is 0. The van der Waals surface area contributed by atoms with Gasteiger partial charge in [-0.3, -0.25) is 14.9 Å². The van der Waals surface area contributed by atoms with Gasteiger partial charge in [-0.05, 0) is 18.2 Å². The van der Waals surface area contributed by atoms with Gasteiger partial charge in [0, 0.05) is 12.3 Å². The molecule has 0 aliphatic rings. The maximum atomic E-state index is 12.1. The van der Waals surface area contributed by atoms with E-state index in [1.54, 1.807) is 0 Å². The third-order valence-corrected chi connectivity index (χ3v) is 2.86. The molecular formula is C13H7ClN4O3. The Morgan fingerprint density at radius 1 is 1.38 bits per heavy atom. The van der Waals surface area contributed by atoms with Crippen LogP contribution in [0.3, 0.4) is 0 Å². The summed E-state index contributed by atoms with van der Waals surface area (Å²) >= 11 is 5.85. The van der Waals surface area contributed by atoms with Gasteiger partial charge in [0.15, 0.2) is 0 Å². The van der Waals surface area contributed by atoms with Crippen LogP contribution in [0, 0.1) is 21.4 Å². The second kappa shape index (κ2) is 5.98. The number of carbonyl (C=O) groups is 1. The highest BCUT2D eigenvalue weighted by molar-refractivity contribution is 6.35. The van der Waals surface area contributed by atoms with Crippen molar-refractivity contribution in [2.75, 3.05) is 5.32 Å². The lowest BCUT2D eigenvalue weighted by Crippen LogP contribution is -2.15. The molecule has 0 saturated heterocycles. The zero-order chi connectivity index (χ0) is 15.4. The highest BCUT2D eigenvalue weighted by Crippen LogP contribution is 2.26. The van der Waals surface area contributed by atoms with Crippen molar-refractivity contribution in [1.82, 2.24) is 4.98 Å². The first-order valence-electron chi connectivity index (χ1n) is 5.63. The number of carbonyl (C=O) groups excluding carboxylic acids is 1. The molecule has 104 valence electrons. The highest BCUT2D eigenvalue weighted by atomic mass is 35.5. The van der Waals surface area contributed by atoms with Crippen molar-refractivity contribution in [1.29, 1.82) is 5.26 Å². The van der Waals surface area contributed by atoms with Gasteiger partial charge in [0.05, 0.1) is 15.5 Å². The number of benzene rings is 1. The molecule has 21 heavy (non-hydrogen) atoms. The molecule has 1 N–H and O–H groups in total. The number of anilines is 1. The predicted molar refractivity (Wildman–Crippen MR) is 75.0 cm³/mol. The number of nitriles is 1. The summed E-state index contributed by atoms with van der Waals surface area (Å²) in [6, 6.07) is 8.72. The van der Waals surface area contributed by atoms with Crippen LogP contribution in [0.4, 0.5) is 11.5 Å². The van der Waals surface area contributed by atoms with Gasteiger partial charge < -0.3 is 5.32 Å². The van der Waals surface area contributed by atoms with Gasteiger partial charge in [0.1, 0.15) is 17.5 Å². The van der Waals surface area contributed by atoms with Crippen LogP contribution < -0.4 is 5.32 Å². The normalized spacial score (nSPS) is 9.71. The van der Waals surface area contributed by atoms with E-state index in [1.165, 1.54) is 36.5 Å². The van der Waals surface area contributed by atoms with E-state index in [0.29, 0.717) is 5.56 Å². The van der Waals surface area contributed by atoms with Gasteiger partial charge in [-0.1, -0.05) is 17.7 Å². The number of nitro benzene ring substituents is 1. The molecular weight excluding hydrogens is 296 g/mol. The molecule has 0 fully saturated rings. The summed E-state index contributed by atoms with van der Waals surface area (Å²) in [5, 5.41) is 21.9. The summed E-state index contributed by atoms with van der Waals surface area (Å²) in [6.07, 6.45) is 1.27. The summed E-state index contributed by atoms with van der Waals surface area (Å²) in [6.45, 7) is 0. The van der Waals surface area contributed by atoms with E-state index in [4.69, 9.17) is 16.9 Å². The van der Waals surface area contributed by atoms with Gasteiger partial charge in [0.25, 0.3) is 11.6 Å². The monoisotopic (exact) mass is 302 g/mol. The molecule has 0 radical (unpaired) electrons. The standard InChI is InChI=1S/C13H7ClN4O3/c14-9-2-1-3-10(18(20)21)12(9)13(19)17-11-5-4-8(6-15)7-16-11/h1-5,7H,(H,16,17,19). The number of halogens is 1. The Kier molecular flexibility index (Phi) is 4.11. The molecule has 0 aliphatic carbocycles. The number of amides is 1. The van der Waals surface area contributed by atoms with Crippen LogP contribution in [-0.4, -0.2) is 15.8 Å². The first-order valence-corrected chi connectivity index (χ1v) is 6.01. The summed E-state index contributed by atoms with van der Waals surface area (Å²) in [4.78, 5) is 26.2. The van der Waals surface area contributed by atoms with Crippen LogP contribution in [-0.2, 0) is 0 Å². The molecule has 0 aliphatic heterocycles. The molecule has 0 atom stereocenters. The van der Waals surface area contributed by atoms with E-state index < -0.39 is 16.5 Å². The molecule has 0 spiro atoms. The summed E-state index contributed by atoms with van der Waals surface area (Å²) in [5.41, 5.74) is -0.305. The molecule has 1 aromatic carbocycles. The molecule has 8 heteroatoms. The van der Waals surface area contributed by atoms with E-state index in [2.05, 4.69) is 10.3 Å². The average molecular weight is 303 g/mol. The molecule has 0 saturated carbocycles. The quantitative estimate of drug-likeness (QED) is 0.692. The van der Waals surface area contributed by atoms with E-state index in [0.717, 1.165) is 0 Å². The molecule has 2 aromatic rings. The smallest absolute Gasteiger partial charge is 0.283 e. The third-order valence-electron chi connectivity index (χ3n) is 2.55. The predicted octanol–water partition coefficient (Wildman–Crippen LogP) is 2.77. The number of nitrogens with one attached hydrogen (secondary N) is 1. The van der Waals surface area contributed by atoms with Crippen LogP contribution in [0.15, 0.2) is 36.5 Å². The van der Waals surface area contributed by atoms with Crippen molar-refractivity contribution in [3.63, 3.8) is 0 Å². The maximum Gasteiger partial charge on any atom is 0.283 e. The van der Waals surface area contributed by atoms with E-state index in [1.807, 2.05) is 6.07 Å². The van der Waals surface area contributed by atoms with Crippen molar-refractivity contribution >= 4 is 29.0 Å². The lowest BCUT2D eigenvalue weighted by molar-refractivity contribution is -0.385. The SMILES string of the molecule is N#Cc1ccc(NC(=O)c2c(Cl)cccc2[N+](=O)[O-])nc1. The third kappa shape index (κ3) is 3.13. The fourth-order valence-electron chi connectivity index (χ4n) is 1.60. The number of rotatable bonds is 3. The van der Waals surface area contributed by atoms with E-state index in [9.17, 15) is 14.9 Å². The fraction of sp³-hybridized carbons (Fsp3) is 0. The number of pyridine rings is 1. The minimum Gasteiger partial charge on any atom is -0.306 e. The van der Waals surface area contributed by atoms with E-state index in [-0.39, 0.29) is 16.4 Å². The molecule has 1 aromatic heterocycles. The molecule has 1 heterocycles. The van der Waals surface area contributed by atoms with E-state index >= 15 is 0 Å². The molecule has 2 rings (SSSR count). The zero-order valence-electron chi connectivity index (χ0n) is 10.4. The Morgan fingerprint density at radius 3 is 2.71 bits per heavy atom. The fourth-order valence-corrected chi connectivity index (χ4v) is 1.86. The number of aromatic nitrogens is 1. The zero-order valence-corrected chi connectivity index (χ0v) is 11.2. The minimum atomic E-state index is -0.746. The largest absolute Gasteiger partial charge is 0.306 e. The lowest BCUT2D eigenvalue weighted by atomic mass is 10.1. The van der Waals surface area contributed by atoms with Crippen LogP contribution in [0.5, 0.6) is 0 Å².